The van der Waals surface area contributed by atoms with Gasteiger partial charge >= 0.3 is 0 Å². The molecule has 6 nitrogen and oxygen atoms in total. The van der Waals surface area contributed by atoms with E-state index in [0.717, 1.165) is 70.4 Å². The number of ether oxygens (including phenoxy) is 1. The van der Waals surface area contributed by atoms with Crippen molar-refractivity contribution >= 4 is 5.96 Å². The minimum Gasteiger partial charge on any atom is -0.469 e. The lowest BCUT2D eigenvalue weighted by atomic mass is 10.0. The first-order chi connectivity index (χ1) is 11.7. The molecule has 0 bridgehead atoms. The van der Waals surface area contributed by atoms with Gasteiger partial charge in [0.15, 0.2) is 5.96 Å². The van der Waals surface area contributed by atoms with Gasteiger partial charge in [-0.1, -0.05) is 0 Å². The minimum atomic E-state index is -0.266. The lowest BCUT2D eigenvalue weighted by Crippen LogP contribution is -2.41. The van der Waals surface area contributed by atoms with E-state index in [-0.39, 0.29) is 6.10 Å². The molecule has 0 aliphatic carbocycles. The van der Waals surface area contributed by atoms with Crippen molar-refractivity contribution in [2.45, 2.75) is 39.2 Å². The highest BCUT2D eigenvalue weighted by Crippen LogP contribution is 2.19. The van der Waals surface area contributed by atoms with Crippen LogP contribution >= 0.6 is 0 Å². The van der Waals surface area contributed by atoms with E-state index in [1.54, 1.807) is 6.26 Å². The van der Waals surface area contributed by atoms with Crippen LogP contribution in [0.25, 0.3) is 0 Å². The zero-order valence-corrected chi connectivity index (χ0v) is 14.9. The van der Waals surface area contributed by atoms with Gasteiger partial charge in [0, 0.05) is 51.7 Å². The van der Waals surface area contributed by atoms with Crippen LogP contribution in [-0.2, 0) is 11.2 Å². The normalized spacial score (nSPS) is 19.7. The number of aliphatic imine (C=N–C) groups is 1. The van der Waals surface area contributed by atoms with Crippen molar-refractivity contribution in [3.05, 3.63) is 24.2 Å². The summed E-state index contributed by atoms with van der Waals surface area (Å²) in [4.78, 5) is 6.98. The third kappa shape index (κ3) is 6.17. The molecule has 0 saturated carbocycles. The number of likely N-dealkylation sites (tertiary alicyclic amines) is 1. The summed E-state index contributed by atoms with van der Waals surface area (Å²) in [6.45, 7) is 8.70. The van der Waals surface area contributed by atoms with Crippen molar-refractivity contribution in [1.29, 1.82) is 0 Å². The summed E-state index contributed by atoms with van der Waals surface area (Å²) in [7, 11) is 0. The molecule has 0 spiro atoms. The van der Waals surface area contributed by atoms with Gasteiger partial charge in [0.2, 0.25) is 0 Å². The number of aliphatic hydroxyl groups is 1. The van der Waals surface area contributed by atoms with E-state index < -0.39 is 0 Å². The van der Waals surface area contributed by atoms with Crippen LogP contribution < -0.4 is 5.32 Å². The second-order valence-corrected chi connectivity index (χ2v) is 6.25. The summed E-state index contributed by atoms with van der Waals surface area (Å²) < 4.78 is 10.7. The second kappa shape index (κ2) is 10.4. The molecule has 0 amide bonds. The van der Waals surface area contributed by atoms with Crippen molar-refractivity contribution in [2.24, 2.45) is 10.9 Å². The largest absolute Gasteiger partial charge is 0.469 e. The number of hydrogen-bond acceptors (Lipinski definition) is 4. The van der Waals surface area contributed by atoms with Crippen LogP contribution in [0.1, 0.15) is 32.4 Å². The maximum atomic E-state index is 9.81. The minimum absolute atomic E-state index is 0.266. The molecule has 0 aromatic carbocycles. The summed E-state index contributed by atoms with van der Waals surface area (Å²) >= 11 is 0. The second-order valence-electron chi connectivity index (χ2n) is 6.25. The van der Waals surface area contributed by atoms with Crippen LogP contribution in [0.5, 0.6) is 0 Å². The molecule has 2 rings (SSSR count). The van der Waals surface area contributed by atoms with Crippen LogP contribution in [-0.4, -0.2) is 61.5 Å². The predicted molar refractivity (Wildman–Crippen MR) is 95.2 cm³/mol. The van der Waals surface area contributed by atoms with Crippen LogP contribution in [0.15, 0.2) is 27.8 Å². The van der Waals surface area contributed by atoms with E-state index in [1.165, 1.54) is 0 Å². The van der Waals surface area contributed by atoms with E-state index in [4.69, 9.17) is 14.1 Å². The Morgan fingerprint density at radius 2 is 2.46 bits per heavy atom. The number of furan rings is 1. The van der Waals surface area contributed by atoms with Gasteiger partial charge in [-0.3, -0.25) is 4.99 Å². The fraction of sp³-hybridized carbons (Fsp3) is 0.722. The Kier molecular flexibility index (Phi) is 8.12. The van der Waals surface area contributed by atoms with E-state index in [2.05, 4.69) is 10.2 Å². The van der Waals surface area contributed by atoms with Gasteiger partial charge in [0.05, 0.1) is 12.4 Å². The molecule has 6 heteroatoms. The van der Waals surface area contributed by atoms with Crippen LogP contribution in [0, 0.1) is 5.92 Å². The molecule has 1 aliphatic rings. The fourth-order valence-electron chi connectivity index (χ4n) is 2.89. The molecule has 1 saturated heterocycles. The Bertz CT molecular complexity index is 474. The van der Waals surface area contributed by atoms with E-state index in [0.29, 0.717) is 5.92 Å². The van der Waals surface area contributed by atoms with Crippen LogP contribution in [0.3, 0.4) is 0 Å². The van der Waals surface area contributed by atoms with E-state index >= 15 is 0 Å². The lowest BCUT2D eigenvalue weighted by Gasteiger charge is -2.22. The molecule has 1 aromatic rings. The summed E-state index contributed by atoms with van der Waals surface area (Å²) in [5.41, 5.74) is 0. The molecule has 136 valence electrons. The third-order valence-electron chi connectivity index (χ3n) is 4.35. The smallest absolute Gasteiger partial charge is 0.193 e. The monoisotopic (exact) mass is 337 g/mol. The highest BCUT2D eigenvalue weighted by molar-refractivity contribution is 5.80. The Hall–Kier alpha value is -1.53. The average molecular weight is 337 g/mol. The van der Waals surface area contributed by atoms with Crippen molar-refractivity contribution in [1.82, 2.24) is 10.2 Å². The van der Waals surface area contributed by atoms with Gasteiger partial charge in [-0.15, -0.1) is 0 Å². The number of nitrogens with one attached hydrogen (secondary N) is 1. The predicted octanol–water partition coefficient (Wildman–Crippen LogP) is 1.90. The Balaban J connectivity index is 1.84. The fourth-order valence-corrected chi connectivity index (χ4v) is 2.89. The quantitative estimate of drug-likeness (QED) is 0.409. The molecular weight excluding hydrogens is 306 g/mol. The number of nitrogens with zero attached hydrogens (tertiary/aromatic N) is 2. The number of hydrogen-bond donors (Lipinski definition) is 2. The van der Waals surface area contributed by atoms with Gasteiger partial charge < -0.3 is 24.5 Å². The molecule has 2 N–H and O–H groups in total. The summed E-state index contributed by atoms with van der Waals surface area (Å²) in [5.74, 6) is 2.23. The molecule has 1 fully saturated rings. The first-order valence-corrected chi connectivity index (χ1v) is 9.02. The zero-order valence-electron chi connectivity index (χ0n) is 14.9. The molecule has 2 unspecified atom stereocenters. The van der Waals surface area contributed by atoms with E-state index in [9.17, 15) is 5.11 Å². The highest BCUT2D eigenvalue weighted by Gasteiger charge is 2.27. The highest BCUT2D eigenvalue weighted by atomic mass is 16.5. The first kappa shape index (κ1) is 18.8. The standard InChI is InChI=1S/C18H31N3O3/c1-3-23-12-5-9-19-18(20-10-7-17-6-4-13-24-17)21-11-8-16(14-21)15(2)22/h4,6,13,15-16,22H,3,5,7-12,14H2,1-2H3,(H,19,20). The Morgan fingerprint density at radius 1 is 1.58 bits per heavy atom. The maximum absolute atomic E-state index is 9.81. The number of aliphatic hydroxyl groups excluding tert-OH is 1. The van der Waals surface area contributed by atoms with Gasteiger partial charge in [0.25, 0.3) is 0 Å². The summed E-state index contributed by atoms with van der Waals surface area (Å²) in [5, 5.41) is 13.3. The van der Waals surface area contributed by atoms with Crippen LogP contribution in [0.2, 0.25) is 0 Å². The molecule has 1 aromatic heterocycles. The van der Waals surface area contributed by atoms with E-state index in [1.807, 2.05) is 26.0 Å². The van der Waals surface area contributed by atoms with Gasteiger partial charge in [0.1, 0.15) is 5.76 Å². The van der Waals surface area contributed by atoms with Gasteiger partial charge in [-0.25, -0.2) is 0 Å². The SMILES string of the molecule is CCOCCCN=C(NCCc1ccco1)N1CCC(C(C)O)C1. The first-order valence-electron chi connectivity index (χ1n) is 9.02. The van der Waals surface area contributed by atoms with Crippen molar-refractivity contribution in [2.75, 3.05) is 39.4 Å². The van der Waals surface area contributed by atoms with Gasteiger partial charge in [-0.2, -0.15) is 0 Å². The Labute approximate surface area is 144 Å². The molecular formula is C18H31N3O3. The topological polar surface area (TPSA) is 70.2 Å². The summed E-state index contributed by atoms with van der Waals surface area (Å²) in [6, 6.07) is 3.89. The summed E-state index contributed by atoms with van der Waals surface area (Å²) in [6.07, 6.45) is 4.20. The third-order valence-corrected chi connectivity index (χ3v) is 4.35. The lowest BCUT2D eigenvalue weighted by molar-refractivity contribution is 0.132. The van der Waals surface area contributed by atoms with Gasteiger partial charge in [-0.05, 0) is 38.8 Å². The molecule has 0 radical (unpaired) electrons. The molecule has 2 atom stereocenters. The van der Waals surface area contributed by atoms with Crippen molar-refractivity contribution in [3.63, 3.8) is 0 Å². The van der Waals surface area contributed by atoms with Crippen molar-refractivity contribution < 1.29 is 14.3 Å². The van der Waals surface area contributed by atoms with Crippen LogP contribution in [0.4, 0.5) is 0 Å². The molecule has 2 heterocycles. The average Bonchev–Trinajstić information content (AvgIpc) is 3.24. The molecule has 1 aliphatic heterocycles. The number of guanidine groups is 1. The van der Waals surface area contributed by atoms with Crippen molar-refractivity contribution in [3.8, 4) is 0 Å². The maximum Gasteiger partial charge on any atom is 0.193 e. The molecule has 24 heavy (non-hydrogen) atoms. The Morgan fingerprint density at radius 3 is 3.12 bits per heavy atom. The zero-order chi connectivity index (χ0) is 17.2. The number of rotatable bonds is 9.